The van der Waals surface area contributed by atoms with Gasteiger partial charge in [-0.25, -0.2) is 14.6 Å². The second-order valence-corrected chi connectivity index (χ2v) is 7.95. The molecular formula is C19H21BrN8O2. The van der Waals surface area contributed by atoms with Crippen LogP contribution < -0.4 is 11.1 Å². The molecule has 0 aliphatic rings. The topological polar surface area (TPSA) is 125 Å². The molecule has 0 aliphatic carbocycles. The molecule has 4 rings (SSSR count). The van der Waals surface area contributed by atoms with E-state index in [4.69, 9.17) is 10.5 Å². The van der Waals surface area contributed by atoms with Crippen LogP contribution in [0.25, 0.3) is 16.7 Å². The normalized spacial score (nSPS) is 12.5. The molecule has 3 N–H and O–H groups in total. The second kappa shape index (κ2) is 8.00. The Labute approximate surface area is 180 Å². The fraction of sp³-hybridized carbons (Fsp3) is 0.316. The number of aromatic nitrogens is 6. The molecular weight excluding hydrogens is 452 g/mol. The number of anilines is 1. The van der Waals surface area contributed by atoms with E-state index in [1.165, 1.54) is 0 Å². The summed E-state index contributed by atoms with van der Waals surface area (Å²) in [6.45, 7) is 4.38. The standard InChI is InChI=1S/C19H21BrN8O2/c1-10(8-30-9-12-4-13(21)17-14(5-12)27(3)26-25-17)23-19(29)18-11(2)24-16-6-22-15(20)7-28(16)18/h4-7,10H,8-9,21H2,1-3H3,(H,23,29)/t10-/m1/s1. The highest BCUT2D eigenvalue weighted by Gasteiger charge is 2.19. The summed E-state index contributed by atoms with van der Waals surface area (Å²) in [7, 11) is 1.81. The van der Waals surface area contributed by atoms with Crippen molar-refractivity contribution in [2.75, 3.05) is 12.3 Å². The Balaban J connectivity index is 1.39. The first-order valence-electron chi connectivity index (χ1n) is 9.30. The molecule has 1 atom stereocenters. The van der Waals surface area contributed by atoms with Gasteiger partial charge in [0, 0.05) is 19.3 Å². The number of halogens is 1. The van der Waals surface area contributed by atoms with Gasteiger partial charge in [-0.2, -0.15) is 0 Å². The Hall–Kier alpha value is -3.05. The van der Waals surface area contributed by atoms with Crippen LogP contribution in [-0.2, 0) is 18.4 Å². The maximum absolute atomic E-state index is 12.8. The average Bonchev–Trinajstić information content (AvgIpc) is 3.21. The van der Waals surface area contributed by atoms with Gasteiger partial charge in [-0.1, -0.05) is 5.21 Å². The zero-order valence-electron chi connectivity index (χ0n) is 16.8. The van der Waals surface area contributed by atoms with Crippen LogP contribution in [0.5, 0.6) is 0 Å². The minimum atomic E-state index is -0.221. The Morgan fingerprint density at radius 1 is 1.40 bits per heavy atom. The van der Waals surface area contributed by atoms with Gasteiger partial charge in [-0.15, -0.1) is 5.10 Å². The number of carbonyl (C=O) groups excluding carboxylic acids is 1. The average molecular weight is 473 g/mol. The maximum atomic E-state index is 12.8. The van der Waals surface area contributed by atoms with Crippen molar-refractivity contribution < 1.29 is 9.53 Å². The predicted octanol–water partition coefficient (Wildman–Crippen LogP) is 2.00. The second-order valence-electron chi connectivity index (χ2n) is 7.14. The van der Waals surface area contributed by atoms with Crippen LogP contribution in [0.2, 0.25) is 0 Å². The molecule has 156 valence electrons. The van der Waals surface area contributed by atoms with Crippen molar-refractivity contribution in [3.8, 4) is 0 Å². The summed E-state index contributed by atoms with van der Waals surface area (Å²) in [4.78, 5) is 21.3. The SMILES string of the molecule is Cc1nc2cnc(Br)cn2c1C(=O)N[C@H](C)COCc1cc(N)c2nnn(C)c2c1. The predicted molar refractivity (Wildman–Crippen MR) is 115 cm³/mol. The molecule has 0 radical (unpaired) electrons. The lowest BCUT2D eigenvalue weighted by Crippen LogP contribution is -2.36. The first-order valence-corrected chi connectivity index (χ1v) is 10.1. The van der Waals surface area contributed by atoms with E-state index in [0.29, 0.717) is 46.1 Å². The lowest BCUT2D eigenvalue weighted by molar-refractivity contribution is 0.0815. The highest BCUT2D eigenvalue weighted by atomic mass is 79.9. The van der Waals surface area contributed by atoms with Crippen LogP contribution in [-0.4, -0.2) is 47.9 Å². The quantitative estimate of drug-likeness (QED) is 0.411. The number of nitrogens with zero attached hydrogens (tertiary/aromatic N) is 6. The third-order valence-corrected chi connectivity index (χ3v) is 5.10. The summed E-state index contributed by atoms with van der Waals surface area (Å²) in [5.41, 5.74) is 10.8. The molecule has 1 aromatic carbocycles. The highest BCUT2D eigenvalue weighted by molar-refractivity contribution is 9.10. The number of nitrogens with one attached hydrogen (secondary N) is 1. The first kappa shape index (κ1) is 20.2. The molecule has 0 saturated carbocycles. The number of imidazole rings is 1. The van der Waals surface area contributed by atoms with Crippen molar-refractivity contribution in [2.45, 2.75) is 26.5 Å². The fourth-order valence-corrected chi connectivity index (χ4v) is 3.62. The van der Waals surface area contributed by atoms with Crippen LogP contribution in [0.4, 0.5) is 5.69 Å². The highest BCUT2D eigenvalue weighted by Crippen LogP contribution is 2.21. The van der Waals surface area contributed by atoms with Crippen molar-refractivity contribution in [1.29, 1.82) is 0 Å². The number of hydrogen-bond acceptors (Lipinski definition) is 7. The van der Waals surface area contributed by atoms with Gasteiger partial charge in [-0.3, -0.25) is 9.20 Å². The number of fused-ring (bicyclic) bond motifs is 2. The molecule has 4 aromatic rings. The monoisotopic (exact) mass is 472 g/mol. The van der Waals surface area contributed by atoms with Gasteiger partial charge < -0.3 is 15.8 Å². The number of amides is 1. The molecule has 3 heterocycles. The van der Waals surface area contributed by atoms with Crippen molar-refractivity contribution in [3.05, 3.63) is 46.1 Å². The number of nitrogen functional groups attached to an aromatic ring is 1. The third kappa shape index (κ3) is 3.85. The third-order valence-electron chi connectivity index (χ3n) is 4.69. The molecule has 3 aromatic heterocycles. The molecule has 0 bridgehead atoms. The molecule has 0 unspecified atom stereocenters. The number of benzene rings is 1. The van der Waals surface area contributed by atoms with E-state index < -0.39 is 0 Å². The van der Waals surface area contributed by atoms with E-state index >= 15 is 0 Å². The Kier molecular flexibility index (Phi) is 5.39. The van der Waals surface area contributed by atoms with Gasteiger partial charge in [0.25, 0.3) is 5.91 Å². The Morgan fingerprint density at radius 2 is 2.20 bits per heavy atom. The number of rotatable bonds is 6. The zero-order chi connectivity index (χ0) is 21.4. The van der Waals surface area contributed by atoms with Crippen LogP contribution in [0.15, 0.2) is 29.1 Å². The van der Waals surface area contributed by atoms with Gasteiger partial charge in [0.2, 0.25) is 0 Å². The number of aryl methyl sites for hydroxylation is 2. The van der Waals surface area contributed by atoms with Crippen molar-refractivity contribution in [1.82, 2.24) is 34.7 Å². The van der Waals surface area contributed by atoms with Gasteiger partial charge >= 0.3 is 0 Å². The van der Waals surface area contributed by atoms with E-state index in [-0.39, 0.29) is 11.9 Å². The van der Waals surface area contributed by atoms with Crippen molar-refractivity contribution in [3.63, 3.8) is 0 Å². The first-order chi connectivity index (χ1) is 14.3. The number of carbonyl (C=O) groups is 1. The summed E-state index contributed by atoms with van der Waals surface area (Å²) >= 11 is 3.32. The van der Waals surface area contributed by atoms with E-state index in [1.807, 2.05) is 26.1 Å². The fourth-order valence-electron chi connectivity index (χ4n) is 3.31. The smallest absolute Gasteiger partial charge is 0.270 e. The van der Waals surface area contributed by atoms with Crippen molar-refractivity contribution in [2.24, 2.45) is 7.05 Å². The summed E-state index contributed by atoms with van der Waals surface area (Å²) < 4.78 is 9.81. The largest absolute Gasteiger partial charge is 0.397 e. The Bertz CT molecular complexity index is 1250. The van der Waals surface area contributed by atoms with Crippen molar-refractivity contribution >= 4 is 44.2 Å². The zero-order valence-corrected chi connectivity index (χ0v) is 18.3. The molecule has 11 heteroatoms. The molecule has 0 fully saturated rings. The van der Waals surface area contributed by atoms with Crippen LogP contribution in [0.1, 0.15) is 28.7 Å². The van der Waals surface area contributed by atoms with E-state index in [9.17, 15) is 4.79 Å². The van der Waals surface area contributed by atoms with Crippen LogP contribution in [0, 0.1) is 6.92 Å². The number of nitrogens with two attached hydrogens (primary N) is 1. The van der Waals surface area contributed by atoms with Crippen LogP contribution in [0.3, 0.4) is 0 Å². The Morgan fingerprint density at radius 3 is 3.00 bits per heavy atom. The summed E-state index contributed by atoms with van der Waals surface area (Å²) in [6.07, 6.45) is 3.33. The summed E-state index contributed by atoms with van der Waals surface area (Å²) in [5.74, 6) is -0.221. The summed E-state index contributed by atoms with van der Waals surface area (Å²) in [5, 5.41) is 11.0. The molecule has 30 heavy (non-hydrogen) atoms. The van der Waals surface area contributed by atoms with Crippen LogP contribution >= 0.6 is 15.9 Å². The van der Waals surface area contributed by atoms with E-state index in [0.717, 1.165) is 11.1 Å². The minimum absolute atomic E-state index is 0.202. The minimum Gasteiger partial charge on any atom is -0.397 e. The molecule has 0 aliphatic heterocycles. The number of ether oxygens (including phenoxy) is 1. The maximum Gasteiger partial charge on any atom is 0.270 e. The van der Waals surface area contributed by atoms with E-state index in [1.54, 1.807) is 28.4 Å². The lowest BCUT2D eigenvalue weighted by atomic mass is 10.2. The molecule has 1 amide bonds. The van der Waals surface area contributed by atoms with Gasteiger partial charge in [0.1, 0.15) is 15.8 Å². The van der Waals surface area contributed by atoms with Gasteiger partial charge in [0.15, 0.2) is 5.65 Å². The summed E-state index contributed by atoms with van der Waals surface area (Å²) in [6, 6.07) is 3.57. The molecule has 0 saturated heterocycles. The lowest BCUT2D eigenvalue weighted by Gasteiger charge is -2.15. The number of hydrogen-bond donors (Lipinski definition) is 2. The van der Waals surface area contributed by atoms with Gasteiger partial charge in [-0.05, 0) is 47.5 Å². The molecule has 0 spiro atoms. The molecule has 10 nitrogen and oxygen atoms in total. The van der Waals surface area contributed by atoms with E-state index in [2.05, 4.69) is 41.5 Å². The van der Waals surface area contributed by atoms with Gasteiger partial charge in [0.05, 0.1) is 36.3 Å².